The molecule has 6 nitrogen and oxygen atoms in total. The summed E-state index contributed by atoms with van der Waals surface area (Å²) in [6.07, 6.45) is 4.31. The maximum absolute atomic E-state index is 10.5. The molecule has 6 heteroatoms. The van der Waals surface area contributed by atoms with Crippen molar-refractivity contribution in [3.8, 4) is 0 Å². The van der Waals surface area contributed by atoms with Gasteiger partial charge >= 0.3 is 0 Å². The highest BCUT2D eigenvalue weighted by Crippen LogP contribution is 2.21. The number of hydrogen-bond acceptors (Lipinski definition) is 5. The van der Waals surface area contributed by atoms with Crippen molar-refractivity contribution >= 4 is 0 Å². The van der Waals surface area contributed by atoms with E-state index in [2.05, 4.69) is 0 Å². The summed E-state index contributed by atoms with van der Waals surface area (Å²) in [4.78, 5) is 9.95. The van der Waals surface area contributed by atoms with Crippen molar-refractivity contribution in [2.45, 2.75) is 18.0 Å². The first-order chi connectivity index (χ1) is 6.49. The molecule has 0 fully saturated rings. The number of hydrogen-bond donors (Lipinski definition) is 3. The quantitative estimate of drug-likeness (QED) is 0.403. The van der Waals surface area contributed by atoms with E-state index < -0.39 is 16.5 Å². The Bertz CT molecular complexity index is 300. The number of allylic oxidation sites excluding steroid dienone is 1. The van der Waals surface area contributed by atoms with Crippen molar-refractivity contribution in [1.82, 2.24) is 0 Å². The summed E-state index contributed by atoms with van der Waals surface area (Å²) in [6, 6.07) is -0.502. The topological polar surface area (TPSA) is 115 Å². The highest BCUT2D eigenvalue weighted by molar-refractivity contribution is 5.29. The molecule has 5 N–H and O–H groups in total. The second-order valence-electron chi connectivity index (χ2n) is 3.30. The van der Waals surface area contributed by atoms with Gasteiger partial charge in [-0.1, -0.05) is 6.08 Å². The molecule has 1 aliphatic carbocycles. The first-order valence-electron chi connectivity index (χ1n) is 4.20. The Morgan fingerprint density at radius 3 is 2.86 bits per heavy atom. The van der Waals surface area contributed by atoms with Crippen LogP contribution in [0.5, 0.6) is 0 Å². The van der Waals surface area contributed by atoms with Crippen molar-refractivity contribution in [2.24, 2.45) is 11.5 Å². The van der Waals surface area contributed by atoms with E-state index in [9.17, 15) is 10.1 Å². The van der Waals surface area contributed by atoms with Crippen molar-refractivity contribution in [3.63, 3.8) is 0 Å². The molecule has 2 unspecified atom stereocenters. The van der Waals surface area contributed by atoms with Crippen LogP contribution in [0.1, 0.15) is 6.42 Å². The third kappa shape index (κ3) is 1.98. The van der Waals surface area contributed by atoms with Gasteiger partial charge in [-0.15, -0.1) is 0 Å². The van der Waals surface area contributed by atoms with Crippen LogP contribution in [-0.4, -0.2) is 28.2 Å². The largest absolute Gasteiger partial charge is 0.396 e. The number of nitro groups is 1. The first-order valence-corrected chi connectivity index (χ1v) is 4.20. The van der Waals surface area contributed by atoms with Gasteiger partial charge in [-0.25, -0.2) is 0 Å². The molecule has 0 aromatic heterocycles. The fourth-order valence-electron chi connectivity index (χ4n) is 1.35. The maximum Gasteiger partial charge on any atom is 0.267 e. The normalized spacial score (nSPS) is 31.4. The standard InChI is InChI=1S/C8H13N3O3/c9-7-2-1-6(11(13)14)5-8(7,10)3-4-12/h1-2,5,7,12H,3-4,9-10H2. The molecule has 0 bridgehead atoms. The Morgan fingerprint density at radius 1 is 1.71 bits per heavy atom. The van der Waals surface area contributed by atoms with Gasteiger partial charge in [0, 0.05) is 24.8 Å². The van der Waals surface area contributed by atoms with Crippen molar-refractivity contribution < 1.29 is 10.0 Å². The molecule has 1 aliphatic rings. The van der Waals surface area contributed by atoms with Gasteiger partial charge in [0.1, 0.15) is 0 Å². The molecule has 0 heterocycles. The van der Waals surface area contributed by atoms with E-state index in [0.717, 1.165) is 0 Å². The summed E-state index contributed by atoms with van der Waals surface area (Å²) in [7, 11) is 0. The predicted molar refractivity (Wildman–Crippen MR) is 50.8 cm³/mol. The van der Waals surface area contributed by atoms with E-state index in [0.29, 0.717) is 0 Å². The van der Waals surface area contributed by atoms with Crippen LogP contribution in [0.15, 0.2) is 23.9 Å². The van der Waals surface area contributed by atoms with Crippen molar-refractivity contribution in [1.29, 1.82) is 0 Å². The van der Waals surface area contributed by atoms with Crippen LogP contribution in [0.3, 0.4) is 0 Å². The van der Waals surface area contributed by atoms with Gasteiger partial charge in [-0.05, 0) is 6.42 Å². The minimum atomic E-state index is -1.02. The number of aliphatic hydroxyl groups excluding tert-OH is 1. The van der Waals surface area contributed by atoms with Crippen LogP contribution < -0.4 is 11.5 Å². The molecule has 0 aromatic carbocycles. The lowest BCUT2D eigenvalue weighted by Crippen LogP contribution is -2.55. The molecule has 0 amide bonds. The van der Waals surface area contributed by atoms with Crippen molar-refractivity contribution in [2.75, 3.05) is 6.61 Å². The predicted octanol–water partition coefficient (Wildman–Crippen LogP) is -0.876. The highest BCUT2D eigenvalue weighted by Gasteiger charge is 2.34. The lowest BCUT2D eigenvalue weighted by molar-refractivity contribution is -0.419. The van der Waals surface area contributed by atoms with Gasteiger partial charge in [0.2, 0.25) is 0 Å². The fourth-order valence-corrected chi connectivity index (χ4v) is 1.35. The maximum atomic E-state index is 10.5. The second-order valence-corrected chi connectivity index (χ2v) is 3.30. The third-order valence-corrected chi connectivity index (χ3v) is 2.27. The molecule has 0 aliphatic heterocycles. The molecule has 0 spiro atoms. The lowest BCUT2D eigenvalue weighted by Gasteiger charge is -2.31. The molecular formula is C8H13N3O3. The zero-order valence-corrected chi connectivity index (χ0v) is 7.59. The van der Waals surface area contributed by atoms with E-state index in [4.69, 9.17) is 16.6 Å². The lowest BCUT2D eigenvalue weighted by atomic mass is 9.84. The number of nitrogens with zero attached hydrogens (tertiary/aromatic N) is 1. The molecule has 0 aromatic rings. The van der Waals surface area contributed by atoms with Gasteiger partial charge in [0.05, 0.1) is 10.5 Å². The Morgan fingerprint density at radius 2 is 2.36 bits per heavy atom. The van der Waals surface area contributed by atoms with E-state index >= 15 is 0 Å². The van der Waals surface area contributed by atoms with E-state index in [1.807, 2.05) is 0 Å². The molecule has 0 radical (unpaired) electrons. The fraction of sp³-hybridized carbons (Fsp3) is 0.500. The number of aliphatic hydroxyl groups is 1. The van der Waals surface area contributed by atoms with Crippen LogP contribution in [0.25, 0.3) is 0 Å². The second kappa shape index (κ2) is 3.87. The molecule has 1 rings (SSSR count). The average molecular weight is 199 g/mol. The summed E-state index contributed by atoms with van der Waals surface area (Å²) in [5, 5.41) is 19.2. The zero-order chi connectivity index (χ0) is 10.8. The van der Waals surface area contributed by atoms with Crippen molar-refractivity contribution in [3.05, 3.63) is 34.0 Å². The molecule has 0 saturated carbocycles. The molecule has 14 heavy (non-hydrogen) atoms. The third-order valence-electron chi connectivity index (χ3n) is 2.27. The van der Waals surface area contributed by atoms with Gasteiger partial charge in [0.25, 0.3) is 5.70 Å². The molecule has 78 valence electrons. The summed E-state index contributed by atoms with van der Waals surface area (Å²) in [5.74, 6) is 0. The van der Waals surface area contributed by atoms with Gasteiger partial charge in [-0.2, -0.15) is 0 Å². The highest BCUT2D eigenvalue weighted by atomic mass is 16.6. The Hall–Kier alpha value is -1.24. The van der Waals surface area contributed by atoms with Gasteiger partial charge in [-0.3, -0.25) is 10.1 Å². The Labute approximate surface area is 81.0 Å². The van der Waals surface area contributed by atoms with Gasteiger partial charge < -0.3 is 16.6 Å². The molecule has 0 saturated heterocycles. The zero-order valence-electron chi connectivity index (χ0n) is 7.59. The minimum Gasteiger partial charge on any atom is -0.396 e. The Kier molecular flexibility index (Phi) is 3.00. The van der Waals surface area contributed by atoms with Crippen LogP contribution in [0, 0.1) is 10.1 Å². The van der Waals surface area contributed by atoms with E-state index in [1.165, 1.54) is 18.2 Å². The van der Waals surface area contributed by atoms with Crippen LogP contribution >= 0.6 is 0 Å². The summed E-state index contributed by atoms with van der Waals surface area (Å²) in [5.41, 5.74) is 10.4. The number of rotatable bonds is 3. The summed E-state index contributed by atoms with van der Waals surface area (Å²) >= 11 is 0. The van der Waals surface area contributed by atoms with E-state index in [-0.39, 0.29) is 18.7 Å². The van der Waals surface area contributed by atoms with E-state index in [1.54, 1.807) is 0 Å². The first kappa shape index (κ1) is 10.8. The SMILES string of the molecule is NC1C=CC([N+](=O)[O-])=CC1(N)CCO. The van der Waals surface area contributed by atoms with Crippen LogP contribution in [-0.2, 0) is 0 Å². The molecular weight excluding hydrogens is 186 g/mol. The monoisotopic (exact) mass is 199 g/mol. The summed E-state index contributed by atoms with van der Waals surface area (Å²) < 4.78 is 0. The van der Waals surface area contributed by atoms with Crippen LogP contribution in [0.4, 0.5) is 0 Å². The van der Waals surface area contributed by atoms with Gasteiger partial charge in [0.15, 0.2) is 0 Å². The van der Waals surface area contributed by atoms with Crippen LogP contribution in [0.2, 0.25) is 0 Å². The minimum absolute atomic E-state index is 0.0809. The number of nitrogens with two attached hydrogens (primary N) is 2. The smallest absolute Gasteiger partial charge is 0.267 e. The average Bonchev–Trinajstić information content (AvgIpc) is 2.10. The summed E-state index contributed by atoms with van der Waals surface area (Å²) in [6.45, 7) is -0.153. The Balaban J connectivity index is 2.95. The molecule has 2 atom stereocenters.